The number of carbonyl (C=O) groups is 2. The van der Waals surface area contributed by atoms with Crippen LogP contribution in [0.3, 0.4) is 0 Å². The summed E-state index contributed by atoms with van der Waals surface area (Å²) in [5.41, 5.74) is -0.770. The summed E-state index contributed by atoms with van der Waals surface area (Å²) in [5.74, 6) is -9.16. The van der Waals surface area contributed by atoms with Crippen LogP contribution in [-0.2, 0) is 9.53 Å². The van der Waals surface area contributed by atoms with Gasteiger partial charge < -0.3 is 9.84 Å². The highest BCUT2D eigenvalue weighted by Gasteiger charge is 2.51. The van der Waals surface area contributed by atoms with Crippen molar-refractivity contribution in [3.8, 4) is 0 Å². The van der Waals surface area contributed by atoms with Crippen molar-refractivity contribution in [2.75, 3.05) is 0 Å². The molecule has 0 fully saturated rings. The van der Waals surface area contributed by atoms with Crippen molar-refractivity contribution < 1.29 is 32.6 Å². The number of ether oxygens (including phenoxy) is 1. The lowest BCUT2D eigenvalue weighted by molar-refractivity contribution is -0.183. The van der Waals surface area contributed by atoms with Crippen LogP contribution in [0.15, 0.2) is 48.5 Å². The van der Waals surface area contributed by atoms with Gasteiger partial charge in [0.2, 0.25) is 6.10 Å². The maximum atomic E-state index is 14.0. The van der Waals surface area contributed by atoms with Crippen LogP contribution in [0.2, 0.25) is 0 Å². The van der Waals surface area contributed by atoms with Crippen molar-refractivity contribution in [1.29, 1.82) is 0 Å². The van der Waals surface area contributed by atoms with Gasteiger partial charge in [0.05, 0.1) is 5.56 Å². The highest BCUT2D eigenvalue weighted by Crippen LogP contribution is 2.35. The number of alkyl halides is 2. The second kappa shape index (κ2) is 7.20. The molecule has 0 amide bonds. The van der Waals surface area contributed by atoms with Crippen molar-refractivity contribution >= 4 is 34.5 Å². The quantitative estimate of drug-likeness (QED) is 0.552. The van der Waals surface area contributed by atoms with Crippen LogP contribution in [0.1, 0.15) is 22.0 Å². The standard InChI is InChI=1S/C16H10F3IO4/c17-12-7-6-10(20)8-11(12)14(21)24-13(16(18,19)15(22)23)9-4-2-1-3-5-9/h1-8,13H,(H,22,23). The molecule has 4 nitrogen and oxygen atoms in total. The maximum absolute atomic E-state index is 14.0. The molecule has 2 rings (SSSR count). The zero-order chi connectivity index (χ0) is 17.9. The summed E-state index contributed by atoms with van der Waals surface area (Å²) in [5, 5.41) is 8.74. The molecule has 0 radical (unpaired) electrons. The van der Waals surface area contributed by atoms with E-state index in [2.05, 4.69) is 4.74 Å². The zero-order valence-corrected chi connectivity index (χ0v) is 14.0. The first-order chi connectivity index (χ1) is 11.2. The first-order valence-corrected chi connectivity index (χ1v) is 7.63. The predicted molar refractivity (Wildman–Crippen MR) is 86.3 cm³/mol. The average molecular weight is 450 g/mol. The summed E-state index contributed by atoms with van der Waals surface area (Å²) in [6, 6.07) is 10.2. The summed E-state index contributed by atoms with van der Waals surface area (Å²) < 4.78 is 46.8. The van der Waals surface area contributed by atoms with Crippen LogP contribution in [0, 0.1) is 9.39 Å². The Kier molecular flexibility index (Phi) is 5.47. The molecule has 2 aromatic rings. The number of halogens is 4. The third-order valence-corrected chi connectivity index (χ3v) is 3.76. The van der Waals surface area contributed by atoms with E-state index in [1.54, 1.807) is 0 Å². The summed E-state index contributed by atoms with van der Waals surface area (Å²) in [7, 11) is 0. The molecular weight excluding hydrogens is 440 g/mol. The van der Waals surface area contributed by atoms with E-state index in [1.807, 2.05) is 22.6 Å². The van der Waals surface area contributed by atoms with Gasteiger partial charge in [0.1, 0.15) is 5.82 Å². The Morgan fingerprint density at radius 2 is 1.75 bits per heavy atom. The fraction of sp³-hybridized carbons (Fsp3) is 0.125. The molecule has 2 aromatic carbocycles. The van der Waals surface area contributed by atoms with E-state index in [1.165, 1.54) is 36.4 Å². The number of rotatable bonds is 5. The molecule has 0 saturated heterocycles. The van der Waals surface area contributed by atoms with Gasteiger partial charge in [-0.05, 0) is 46.4 Å². The summed E-state index contributed by atoms with van der Waals surface area (Å²) in [6.07, 6.45) is -2.39. The molecule has 8 heteroatoms. The zero-order valence-electron chi connectivity index (χ0n) is 11.9. The Morgan fingerprint density at radius 3 is 2.33 bits per heavy atom. The van der Waals surface area contributed by atoms with Gasteiger partial charge in [-0.3, -0.25) is 0 Å². The Hall–Kier alpha value is -2.10. The molecular formula is C16H10F3IO4. The number of carbonyl (C=O) groups excluding carboxylic acids is 1. The van der Waals surface area contributed by atoms with Gasteiger partial charge in [-0.2, -0.15) is 8.78 Å². The van der Waals surface area contributed by atoms with Crippen LogP contribution in [0.4, 0.5) is 13.2 Å². The predicted octanol–water partition coefficient (Wildman–Crippen LogP) is 4.05. The second-order valence-corrected chi connectivity index (χ2v) is 5.99. The van der Waals surface area contributed by atoms with E-state index in [0.29, 0.717) is 3.57 Å². The molecule has 1 unspecified atom stereocenters. The average Bonchev–Trinajstić information content (AvgIpc) is 2.55. The minimum Gasteiger partial charge on any atom is -0.477 e. The van der Waals surface area contributed by atoms with E-state index in [-0.39, 0.29) is 5.56 Å². The first kappa shape index (κ1) is 18.2. The fourth-order valence-corrected chi connectivity index (χ4v) is 2.41. The second-order valence-electron chi connectivity index (χ2n) is 4.75. The van der Waals surface area contributed by atoms with Crippen LogP contribution in [-0.4, -0.2) is 23.0 Å². The van der Waals surface area contributed by atoms with Crippen molar-refractivity contribution in [2.24, 2.45) is 0 Å². The molecule has 0 aliphatic heterocycles. The van der Waals surface area contributed by atoms with Gasteiger partial charge in [0, 0.05) is 3.57 Å². The van der Waals surface area contributed by atoms with Gasteiger partial charge >= 0.3 is 17.9 Å². The van der Waals surface area contributed by atoms with E-state index in [4.69, 9.17) is 5.11 Å². The third-order valence-electron chi connectivity index (χ3n) is 3.09. The summed E-state index contributed by atoms with van der Waals surface area (Å²) in [4.78, 5) is 22.9. The van der Waals surface area contributed by atoms with Gasteiger partial charge in [0.25, 0.3) is 0 Å². The Labute approximate surface area is 148 Å². The Morgan fingerprint density at radius 1 is 1.12 bits per heavy atom. The number of esters is 1. The Balaban J connectivity index is 2.41. The van der Waals surface area contributed by atoms with Crippen LogP contribution in [0.25, 0.3) is 0 Å². The smallest absolute Gasteiger partial charge is 0.382 e. The highest BCUT2D eigenvalue weighted by atomic mass is 127. The number of hydrogen-bond acceptors (Lipinski definition) is 3. The van der Waals surface area contributed by atoms with E-state index in [0.717, 1.165) is 12.1 Å². The molecule has 0 aliphatic carbocycles. The Bertz CT molecular complexity index is 765. The molecule has 1 atom stereocenters. The molecule has 0 aromatic heterocycles. The largest absolute Gasteiger partial charge is 0.477 e. The number of carboxylic acid groups (broad SMARTS) is 1. The molecule has 0 spiro atoms. The maximum Gasteiger partial charge on any atom is 0.382 e. The van der Waals surface area contributed by atoms with Crippen molar-refractivity contribution in [3.63, 3.8) is 0 Å². The fourth-order valence-electron chi connectivity index (χ4n) is 1.92. The van der Waals surface area contributed by atoms with Crippen LogP contribution < -0.4 is 0 Å². The minimum absolute atomic E-state index is 0.218. The van der Waals surface area contributed by atoms with Gasteiger partial charge in [-0.1, -0.05) is 30.3 Å². The SMILES string of the molecule is O=C(OC(c1ccccc1)C(F)(F)C(=O)O)c1cc(I)ccc1F. The van der Waals surface area contributed by atoms with Gasteiger partial charge in [-0.15, -0.1) is 0 Å². The highest BCUT2D eigenvalue weighted by molar-refractivity contribution is 14.1. The lowest BCUT2D eigenvalue weighted by Gasteiger charge is -2.24. The van der Waals surface area contributed by atoms with E-state index < -0.39 is 35.3 Å². The number of aliphatic carboxylic acids is 1. The molecule has 0 saturated carbocycles. The lowest BCUT2D eigenvalue weighted by atomic mass is 10.0. The van der Waals surface area contributed by atoms with Gasteiger partial charge in [0.15, 0.2) is 0 Å². The van der Waals surface area contributed by atoms with Crippen LogP contribution in [0.5, 0.6) is 0 Å². The molecule has 0 bridgehead atoms. The monoisotopic (exact) mass is 450 g/mol. The van der Waals surface area contributed by atoms with Crippen LogP contribution >= 0.6 is 22.6 Å². The van der Waals surface area contributed by atoms with Crippen molar-refractivity contribution in [2.45, 2.75) is 12.0 Å². The normalized spacial score (nSPS) is 12.5. The first-order valence-electron chi connectivity index (χ1n) is 6.55. The number of hydrogen-bond donors (Lipinski definition) is 1. The molecule has 1 N–H and O–H groups in total. The molecule has 126 valence electrons. The van der Waals surface area contributed by atoms with Crippen molar-refractivity contribution in [3.05, 3.63) is 69.0 Å². The van der Waals surface area contributed by atoms with E-state index >= 15 is 0 Å². The van der Waals surface area contributed by atoms with Crippen molar-refractivity contribution in [1.82, 2.24) is 0 Å². The molecule has 24 heavy (non-hydrogen) atoms. The van der Waals surface area contributed by atoms with Gasteiger partial charge in [-0.25, -0.2) is 14.0 Å². The minimum atomic E-state index is -4.38. The number of carboxylic acids is 1. The summed E-state index contributed by atoms with van der Waals surface area (Å²) in [6.45, 7) is 0. The molecule has 0 aliphatic rings. The topological polar surface area (TPSA) is 63.6 Å². The molecule has 0 heterocycles. The third kappa shape index (κ3) is 3.86. The number of benzene rings is 2. The lowest BCUT2D eigenvalue weighted by Crippen LogP contribution is -2.38. The van der Waals surface area contributed by atoms with E-state index in [9.17, 15) is 22.8 Å². The summed E-state index contributed by atoms with van der Waals surface area (Å²) >= 11 is 1.81.